The Morgan fingerprint density at radius 1 is 1.05 bits per heavy atom. The monoisotopic (exact) mass is 622 g/mol. The van der Waals surface area contributed by atoms with Gasteiger partial charge < -0.3 is 9.47 Å². The number of allylic oxidation sites excluding steroid dienone is 1. The van der Waals surface area contributed by atoms with Crippen molar-refractivity contribution in [3.8, 4) is 5.75 Å². The summed E-state index contributed by atoms with van der Waals surface area (Å²) in [6.07, 6.45) is -3.52. The van der Waals surface area contributed by atoms with Crippen LogP contribution in [0.3, 0.4) is 0 Å². The molecule has 0 saturated carbocycles. The minimum atomic E-state index is -5.05. The Balaban J connectivity index is 1.70. The minimum Gasteiger partial charge on any atom is -0.496 e. The molecule has 0 unspecified atom stereocenters. The maximum absolute atomic E-state index is 14.6. The second kappa shape index (κ2) is 10.7. The van der Waals surface area contributed by atoms with Gasteiger partial charge in [-0.3, -0.25) is 18.5 Å². The van der Waals surface area contributed by atoms with Crippen molar-refractivity contribution >= 4 is 45.2 Å². The summed E-state index contributed by atoms with van der Waals surface area (Å²) in [6, 6.07) is 13.9. The first-order valence-corrected chi connectivity index (χ1v) is 14.3. The first kappa shape index (κ1) is 29.2. The number of halogens is 3. The molecule has 3 heterocycles. The van der Waals surface area contributed by atoms with Gasteiger partial charge in [-0.15, -0.1) is 0 Å². The fraction of sp³-hybridized carbons (Fsp3) is 0.226. The van der Waals surface area contributed by atoms with Gasteiger partial charge in [-0.1, -0.05) is 47.7 Å². The highest BCUT2D eigenvalue weighted by atomic mass is 32.1. The molecule has 0 aliphatic carbocycles. The highest BCUT2D eigenvalue weighted by Gasteiger charge is 2.46. The van der Waals surface area contributed by atoms with Crippen molar-refractivity contribution in [2.45, 2.75) is 19.1 Å². The van der Waals surface area contributed by atoms with Crippen molar-refractivity contribution in [3.63, 3.8) is 0 Å². The molecule has 0 spiro atoms. The molecule has 3 aromatic carbocycles. The predicted molar refractivity (Wildman–Crippen MR) is 159 cm³/mol. The number of nitrogens with zero attached hydrogens (tertiary/aromatic N) is 4. The summed E-state index contributed by atoms with van der Waals surface area (Å²) in [5.74, 6) is -1.06. The number of esters is 1. The summed E-state index contributed by atoms with van der Waals surface area (Å²) in [5, 5.41) is 1.16. The van der Waals surface area contributed by atoms with E-state index in [1.165, 1.54) is 29.2 Å². The standard InChI is InChI=1S/C31H25F3N4O5S/c1-5-43-28(40)24-25(23-18-9-7-6-8-17(18)11-13-21(23)42-4)38-27(39)22(44-29(38)35-26(24)31(32,33)34)15-16-10-12-19-20(14-16)37(3)30(41)36(19)2/h6-15,25H,5H2,1-4H3/b22-15+/t25-/m1/s1. The third kappa shape index (κ3) is 4.55. The molecular formula is C31H25F3N4O5S. The number of imidazole rings is 1. The SMILES string of the molecule is CCOC(=O)C1=C(C(F)(F)F)N=c2s/c(=C/c3ccc4c(c3)n(C)c(=O)n4C)c(=O)n2[C@@H]1c1c(OC)ccc2ccccc12. The second-order valence-electron chi connectivity index (χ2n) is 10.1. The van der Waals surface area contributed by atoms with E-state index in [0.717, 1.165) is 15.9 Å². The number of aromatic nitrogens is 3. The Kier molecular flexibility index (Phi) is 7.07. The molecule has 13 heteroatoms. The Morgan fingerprint density at radius 3 is 2.48 bits per heavy atom. The third-order valence-electron chi connectivity index (χ3n) is 7.61. The molecule has 1 aliphatic heterocycles. The van der Waals surface area contributed by atoms with Crippen molar-refractivity contribution < 1.29 is 27.4 Å². The molecule has 5 aromatic rings. The van der Waals surface area contributed by atoms with Crippen LogP contribution in [0.2, 0.25) is 0 Å². The van der Waals surface area contributed by atoms with Crippen LogP contribution in [-0.2, 0) is 23.6 Å². The van der Waals surface area contributed by atoms with E-state index >= 15 is 0 Å². The molecule has 0 amide bonds. The number of carbonyl (C=O) groups excluding carboxylic acids is 1. The number of fused-ring (bicyclic) bond motifs is 3. The fourth-order valence-corrected chi connectivity index (χ4v) is 6.62. The number of ether oxygens (including phenoxy) is 2. The Morgan fingerprint density at radius 2 is 1.77 bits per heavy atom. The molecule has 6 rings (SSSR count). The second-order valence-corrected chi connectivity index (χ2v) is 11.1. The lowest BCUT2D eigenvalue weighted by atomic mass is 9.90. The van der Waals surface area contributed by atoms with Crippen LogP contribution in [0.4, 0.5) is 13.2 Å². The average molecular weight is 623 g/mol. The number of benzene rings is 3. The van der Waals surface area contributed by atoms with Gasteiger partial charge in [0.05, 0.1) is 34.9 Å². The van der Waals surface area contributed by atoms with Gasteiger partial charge >= 0.3 is 17.8 Å². The lowest BCUT2D eigenvalue weighted by Gasteiger charge is -2.28. The topological polar surface area (TPSA) is 96.8 Å². The summed E-state index contributed by atoms with van der Waals surface area (Å²) < 4.78 is 58.8. The van der Waals surface area contributed by atoms with Crippen LogP contribution in [0.25, 0.3) is 27.9 Å². The molecule has 44 heavy (non-hydrogen) atoms. The Labute approximate surface area is 251 Å². The summed E-state index contributed by atoms with van der Waals surface area (Å²) >= 11 is 0.766. The van der Waals surface area contributed by atoms with Gasteiger partial charge in [-0.2, -0.15) is 13.2 Å². The van der Waals surface area contributed by atoms with Gasteiger partial charge in [0.25, 0.3) is 5.56 Å². The molecule has 0 saturated heterocycles. The smallest absolute Gasteiger partial charge is 0.434 e. The van der Waals surface area contributed by atoms with E-state index in [0.29, 0.717) is 27.4 Å². The number of thiazole rings is 1. The molecule has 0 N–H and O–H groups in total. The fourth-order valence-electron chi connectivity index (χ4n) is 5.61. The quantitative estimate of drug-likeness (QED) is 0.279. The molecule has 1 atom stereocenters. The third-order valence-corrected chi connectivity index (χ3v) is 8.60. The van der Waals surface area contributed by atoms with E-state index in [2.05, 4.69) is 4.99 Å². The van der Waals surface area contributed by atoms with Crippen molar-refractivity contribution in [1.82, 2.24) is 13.7 Å². The normalized spacial score (nSPS) is 15.5. The number of hydrogen-bond acceptors (Lipinski definition) is 7. The summed E-state index contributed by atoms with van der Waals surface area (Å²) in [5.41, 5.74) is -1.11. The van der Waals surface area contributed by atoms with E-state index in [1.54, 1.807) is 68.7 Å². The lowest BCUT2D eigenvalue weighted by Crippen LogP contribution is -2.41. The zero-order chi connectivity index (χ0) is 31.5. The number of methoxy groups -OCH3 is 1. The number of carbonyl (C=O) groups is 1. The highest BCUT2D eigenvalue weighted by molar-refractivity contribution is 7.07. The van der Waals surface area contributed by atoms with Crippen LogP contribution in [0.1, 0.15) is 24.1 Å². The van der Waals surface area contributed by atoms with Crippen LogP contribution in [0, 0.1) is 0 Å². The van der Waals surface area contributed by atoms with Crippen LogP contribution < -0.4 is 25.3 Å². The first-order chi connectivity index (χ1) is 21.0. The zero-order valence-corrected chi connectivity index (χ0v) is 24.7. The van der Waals surface area contributed by atoms with Crippen LogP contribution >= 0.6 is 11.3 Å². The van der Waals surface area contributed by atoms with Gasteiger partial charge in [0.1, 0.15) is 11.8 Å². The first-order valence-electron chi connectivity index (χ1n) is 13.5. The summed E-state index contributed by atoms with van der Waals surface area (Å²) in [4.78, 5) is 43.5. The molecule has 1 aliphatic rings. The maximum Gasteiger partial charge on any atom is 0.434 e. The predicted octanol–water partition coefficient (Wildman–Crippen LogP) is 3.69. The van der Waals surface area contributed by atoms with Gasteiger partial charge in [0.2, 0.25) is 0 Å². The maximum atomic E-state index is 14.6. The Hall–Kier alpha value is -4.91. The van der Waals surface area contributed by atoms with E-state index in [4.69, 9.17) is 9.47 Å². The molecule has 226 valence electrons. The van der Waals surface area contributed by atoms with Crippen molar-refractivity contribution in [1.29, 1.82) is 0 Å². The zero-order valence-electron chi connectivity index (χ0n) is 23.9. The van der Waals surface area contributed by atoms with Gasteiger partial charge in [-0.25, -0.2) is 14.6 Å². The number of rotatable bonds is 5. The van der Waals surface area contributed by atoms with Crippen molar-refractivity contribution in [3.05, 3.63) is 107 Å². The van der Waals surface area contributed by atoms with Gasteiger partial charge in [-0.05, 0) is 47.5 Å². The minimum absolute atomic E-state index is 0.0832. The molecular weight excluding hydrogens is 597 g/mol. The van der Waals surface area contributed by atoms with E-state index in [-0.39, 0.29) is 32.9 Å². The highest BCUT2D eigenvalue weighted by Crippen LogP contribution is 2.43. The summed E-state index contributed by atoms with van der Waals surface area (Å²) in [7, 11) is 4.63. The van der Waals surface area contributed by atoms with Crippen LogP contribution in [-0.4, -0.2) is 39.6 Å². The number of alkyl halides is 3. The van der Waals surface area contributed by atoms with E-state index in [9.17, 15) is 27.6 Å². The molecule has 0 bridgehead atoms. The molecule has 0 radical (unpaired) electrons. The van der Waals surface area contributed by atoms with E-state index < -0.39 is 35.0 Å². The largest absolute Gasteiger partial charge is 0.496 e. The number of aryl methyl sites for hydroxylation is 2. The lowest BCUT2D eigenvalue weighted by molar-refractivity contribution is -0.140. The van der Waals surface area contributed by atoms with Gasteiger partial charge in [0, 0.05) is 19.7 Å². The molecule has 0 fully saturated rings. The summed E-state index contributed by atoms with van der Waals surface area (Å²) in [6.45, 7) is 1.29. The van der Waals surface area contributed by atoms with E-state index in [1.807, 2.05) is 0 Å². The van der Waals surface area contributed by atoms with Crippen molar-refractivity contribution in [2.75, 3.05) is 13.7 Å². The van der Waals surface area contributed by atoms with Crippen molar-refractivity contribution in [2.24, 2.45) is 19.1 Å². The Bertz CT molecular complexity index is 2270. The average Bonchev–Trinajstić information content (AvgIpc) is 3.42. The molecule has 2 aromatic heterocycles. The van der Waals surface area contributed by atoms with Crippen LogP contribution in [0.15, 0.2) is 80.4 Å². The van der Waals surface area contributed by atoms with Crippen LogP contribution in [0.5, 0.6) is 5.75 Å². The number of hydrogen-bond donors (Lipinski definition) is 0. The van der Waals surface area contributed by atoms with Gasteiger partial charge in [0.15, 0.2) is 10.5 Å². The molecule has 9 nitrogen and oxygen atoms in total.